The minimum atomic E-state index is -0.904. The molecule has 0 aromatic heterocycles. The highest BCUT2D eigenvalue weighted by atomic mass is 16.4. The summed E-state index contributed by atoms with van der Waals surface area (Å²) in [6, 6.07) is 0. The lowest BCUT2D eigenvalue weighted by molar-refractivity contribution is -0.131. The molecule has 0 rings (SSSR count). The van der Waals surface area contributed by atoms with Gasteiger partial charge in [-0.15, -0.1) is 0 Å². The fourth-order valence-corrected chi connectivity index (χ4v) is 4.67. The largest absolute Gasteiger partial charge is 0.478 e. The van der Waals surface area contributed by atoms with Crippen LogP contribution in [0.1, 0.15) is 167 Å². The molecule has 2 heteroatoms. The summed E-state index contributed by atoms with van der Waals surface area (Å²) in [6.07, 6.45) is 46.0. The Morgan fingerprint density at radius 3 is 1.11 bits per heavy atom. The molecule has 0 aliphatic heterocycles. The first-order chi connectivity index (χ1) is 17.3. The summed E-state index contributed by atoms with van der Waals surface area (Å²) in [7, 11) is 0. The third kappa shape index (κ3) is 32.7. The molecule has 0 aliphatic rings. The lowest BCUT2D eigenvalue weighted by atomic mass is 10.0. The zero-order valence-electron chi connectivity index (χ0n) is 23.5. The third-order valence-electron chi connectivity index (χ3n) is 6.93. The highest BCUT2D eigenvalue weighted by Gasteiger charge is 1.96. The van der Waals surface area contributed by atoms with Crippen LogP contribution in [0.15, 0.2) is 36.5 Å². The van der Waals surface area contributed by atoms with Crippen LogP contribution in [-0.2, 0) is 4.79 Å². The summed E-state index contributed by atoms with van der Waals surface area (Å²) >= 11 is 0. The molecule has 204 valence electrons. The SMILES string of the molecule is CCCCCCCCCCCCCCCCCCCCCCCCCCC=CC=CC=CC(=O)O. The number of unbranched alkanes of at least 4 members (excludes halogenated alkanes) is 24. The summed E-state index contributed by atoms with van der Waals surface area (Å²) in [4.78, 5) is 10.3. The van der Waals surface area contributed by atoms with Gasteiger partial charge < -0.3 is 5.11 Å². The first-order valence-corrected chi connectivity index (χ1v) is 15.5. The van der Waals surface area contributed by atoms with E-state index in [9.17, 15) is 4.79 Å². The van der Waals surface area contributed by atoms with Crippen molar-refractivity contribution >= 4 is 5.97 Å². The molecule has 0 saturated carbocycles. The summed E-state index contributed by atoms with van der Waals surface area (Å²) in [6.45, 7) is 2.30. The van der Waals surface area contributed by atoms with Gasteiger partial charge in [0.15, 0.2) is 0 Å². The van der Waals surface area contributed by atoms with Crippen molar-refractivity contribution in [2.45, 2.75) is 167 Å². The number of carboxylic acid groups (broad SMARTS) is 1. The average Bonchev–Trinajstić information content (AvgIpc) is 2.85. The van der Waals surface area contributed by atoms with Crippen molar-refractivity contribution in [1.82, 2.24) is 0 Å². The van der Waals surface area contributed by atoms with Gasteiger partial charge in [-0.2, -0.15) is 0 Å². The second kappa shape index (κ2) is 30.7. The second-order valence-corrected chi connectivity index (χ2v) is 10.4. The van der Waals surface area contributed by atoms with Crippen molar-refractivity contribution < 1.29 is 9.90 Å². The van der Waals surface area contributed by atoms with Crippen LogP contribution in [0.4, 0.5) is 0 Å². The Labute approximate surface area is 219 Å². The summed E-state index contributed by atoms with van der Waals surface area (Å²) < 4.78 is 0. The van der Waals surface area contributed by atoms with E-state index in [4.69, 9.17) is 5.11 Å². The van der Waals surface area contributed by atoms with Crippen molar-refractivity contribution in [3.63, 3.8) is 0 Å². The molecule has 0 radical (unpaired) electrons. The molecule has 35 heavy (non-hydrogen) atoms. The van der Waals surface area contributed by atoms with Gasteiger partial charge in [0.2, 0.25) is 0 Å². The number of allylic oxidation sites excluding steroid dienone is 5. The van der Waals surface area contributed by atoms with Crippen LogP contribution in [-0.4, -0.2) is 11.1 Å². The van der Waals surface area contributed by atoms with Crippen LogP contribution in [0.25, 0.3) is 0 Å². The number of hydrogen-bond donors (Lipinski definition) is 1. The van der Waals surface area contributed by atoms with Gasteiger partial charge in [0.05, 0.1) is 0 Å². The van der Waals surface area contributed by atoms with Crippen LogP contribution in [0, 0.1) is 0 Å². The number of aliphatic carboxylic acids is 1. The first-order valence-electron chi connectivity index (χ1n) is 15.5. The Kier molecular flexibility index (Phi) is 29.6. The number of hydrogen-bond acceptors (Lipinski definition) is 1. The highest BCUT2D eigenvalue weighted by molar-refractivity contribution is 5.80. The van der Waals surface area contributed by atoms with E-state index in [1.807, 2.05) is 12.2 Å². The molecule has 0 aliphatic carbocycles. The van der Waals surface area contributed by atoms with E-state index in [-0.39, 0.29) is 0 Å². The van der Waals surface area contributed by atoms with Crippen molar-refractivity contribution in [2.75, 3.05) is 0 Å². The minimum absolute atomic E-state index is 0.904. The van der Waals surface area contributed by atoms with Crippen molar-refractivity contribution in [1.29, 1.82) is 0 Å². The van der Waals surface area contributed by atoms with Crippen LogP contribution in [0.5, 0.6) is 0 Å². The number of carbonyl (C=O) groups is 1. The maximum atomic E-state index is 10.3. The zero-order valence-corrected chi connectivity index (χ0v) is 23.5. The molecule has 2 nitrogen and oxygen atoms in total. The lowest BCUT2D eigenvalue weighted by Crippen LogP contribution is -1.84. The maximum Gasteiger partial charge on any atom is 0.328 e. The van der Waals surface area contributed by atoms with E-state index < -0.39 is 5.97 Å². The van der Waals surface area contributed by atoms with Crippen LogP contribution < -0.4 is 0 Å². The third-order valence-corrected chi connectivity index (χ3v) is 6.93. The maximum absolute atomic E-state index is 10.3. The lowest BCUT2D eigenvalue weighted by Gasteiger charge is -2.04. The van der Waals surface area contributed by atoms with Crippen molar-refractivity contribution in [2.24, 2.45) is 0 Å². The average molecular weight is 489 g/mol. The van der Waals surface area contributed by atoms with Gasteiger partial charge in [0.1, 0.15) is 0 Å². The fourth-order valence-electron chi connectivity index (χ4n) is 4.67. The Morgan fingerprint density at radius 1 is 0.457 bits per heavy atom. The molecule has 0 fully saturated rings. The molecule has 0 atom stereocenters. The molecule has 0 bridgehead atoms. The predicted octanol–water partition coefficient (Wildman–Crippen LogP) is 11.5. The van der Waals surface area contributed by atoms with E-state index in [1.165, 1.54) is 154 Å². The summed E-state index contributed by atoms with van der Waals surface area (Å²) in [5, 5.41) is 8.48. The normalized spacial score (nSPS) is 12.0. The van der Waals surface area contributed by atoms with E-state index in [0.29, 0.717) is 0 Å². The topological polar surface area (TPSA) is 37.3 Å². The molecule has 0 aromatic rings. The molecule has 0 unspecified atom stereocenters. The van der Waals surface area contributed by atoms with Gasteiger partial charge in [-0.3, -0.25) is 0 Å². The molecule has 0 spiro atoms. The second-order valence-electron chi connectivity index (χ2n) is 10.4. The number of carboxylic acids is 1. The minimum Gasteiger partial charge on any atom is -0.478 e. The molecule has 0 saturated heterocycles. The number of rotatable bonds is 28. The standard InChI is InChI=1S/C33H60O2/c1-2-3-4-5-6-7-8-9-10-11-12-13-14-15-16-17-18-19-20-21-22-23-24-25-26-27-28-29-30-31-32-33(34)35/h27-32H,2-26H2,1H3,(H,34,35). The molecular weight excluding hydrogens is 428 g/mol. The van der Waals surface area contributed by atoms with Gasteiger partial charge in [0.25, 0.3) is 0 Å². The molecule has 0 heterocycles. The Morgan fingerprint density at radius 2 is 0.771 bits per heavy atom. The van der Waals surface area contributed by atoms with Gasteiger partial charge in [0, 0.05) is 6.08 Å². The van der Waals surface area contributed by atoms with Crippen LogP contribution in [0.3, 0.4) is 0 Å². The summed E-state index contributed by atoms with van der Waals surface area (Å²) in [5.74, 6) is -0.904. The van der Waals surface area contributed by atoms with E-state index in [1.54, 1.807) is 12.2 Å². The molecule has 1 N–H and O–H groups in total. The molecular formula is C33H60O2. The molecule has 0 aromatic carbocycles. The van der Waals surface area contributed by atoms with Crippen molar-refractivity contribution in [3.8, 4) is 0 Å². The van der Waals surface area contributed by atoms with Crippen molar-refractivity contribution in [3.05, 3.63) is 36.5 Å². The van der Waals surface area contributed by atoms with Gasteiger partial charge in [-0.05, 0) is 12.8 Å². The van der Waals surface area contributed by atoms with E-state index >= 15 is 0 Å². The Balaban J connectivity index is 3.12. The monoisotopic (exact) mass is 488 g/mol. The van der Waals surface area contributed by atoms with Crippen LogP contribution in [0.2, 0.25) is 0 Å². The van der Waals surface area contributed by atoms with Gasteiger partial charge in [-0.1, -0.05) is 185 Å². The van der Waals surface area contributed by atoms with Gasteiger partial charge in [-0.25, -0.2) is 4.79 Å². The summed E-state index contributed by atoms with van der Waals surface area (Å²) in [5.41, 5.74) is 0. The first kappa shape index (κ1) is 33.7. The van der Waals surface area contributed by atoms with E-state index in [0.717, 1.165) is 12.5 Å². The van der Waals surface area contributed by atoms with Crippen LogP contribution >= 0.6 is 0 Å². The zero-order chi connectivity index (χ0) is 25.5. The predicted molar refractivity (Wildman–Crippen MR) is 156 cm³/mol. The Hall–Kier alpha value is -1.31. The molecule has 0 amide bonds. The Bertz CT molecular complexity index is 503. The van der Waals surface area contributed by atoms with Gasteiger partial charge >= 0.3 is 5.97 Å². The van der Waals surface area contributed by atoms with E-state index in [2.05, 4.69) is 13.0 Å². The fraction of sp³-hybridized carbons (Fsp3) is 0.788. The smallest absolute Gasteiger partial charge is 0.328 e. The highest BCUT2D eigenvalue weighted by Crippen LogP contribution is 2.15. The quantitative estimate of drug-likeness (QED) is 0.0675.